The molecule has 5 nitrogen and oxygen atoms in total. The van der Waals surface area contributed by atoms with Crippen molar-refractivity contribution in [3.8, 4) is 0 Å². The fourth-order valence-corrected chi connectivity index (χ4v) is 2.51. The van der Waals surface area contributed by atoms with E-state index in [4.69, 9.17) is 16.3 Å². The van der Waals surface area contributed by atoms with Gasteiger partial charge in [-0.25, -0.2) is 4.79 Å². The Morgan fingerprint density at radius 3 is 3.09 bits per heavy atom. The van der Waals surface area contributed by atoms with E-state index in [0.29, 0.717) is 18.0 Å². The van der Waals surface area contributed by atoms with Gasteiger partial charge in [0.1, 0.15) is 6.61 Å². The van der Waals surface area contributed by atoms with E-state index in [1.165, 1.54) is 0 Å². The molecule has 2 heterocycles. The largest absolute Gasteiger partial charge is 0.445 e. The van der Waals surface area contributed by atoms with Gasteiger partial charge in [0.15, 0.2) is 0 Å². The number of aromatic nitrogens is 2. The molecule has 0 spiro atoms. The lowest BCUT2D eigenvalue weighted by Crippen LogP contribution is -2.26. The van der Waals surface area contributed by atoms with E-state index in [1.807, 2.05) is 30.5 Å². The number of rotatable bonds is 5. The number of hydrogen-bond acceptors (Lipinski definition) is 3. The summed E-state index contributed by atoms with van der Waals surface area (Å²) in [6.07, 6.45) is 5.54. The molecule has 0 aliphatic heterocycles. The molecule has 1 amide bonds. The highest BCUT2D eigenvalue weighted by molar-refractivity contribution is 6.31. The first-order valence-corrected chi connectivity index (χ1v) is 7.65. The molecule has 0 unspecified atom stereocenters. The standard InChI is InChI=1S/C17H16ClN3O2/c18-14-3-4-16-15(8-14)13(10-21-16)5-7-20-17(22)23-11-12-2-1-6-19-9-12/h1-4,6,8-10,21H,5,7,11H2,(H,20,22). The lowest BCUT2D eigenvalue weighted by molar-refractivity contribution is 0.139. The molecule has 23 heavy (non-hydrogen) atoms. The van der Waals surface area contributed by atoms with E-state index in [1.54, 1.807) is 18.5 Å². The SMILES string of the molecule is O=C(NCCc1c[nH]c2ccc(Cl)cc12)OCc1cccnc1. The first-order chi connectivity index (χ1) is 11.2. The van der Waals surface area contributed by atoms with Gasteiger partial charge >= 0.3 is 6.09 Å². The van der Waals surface area contributed by atoms with E-state index in [-0.39, 0.29) is 6.61 Å². The van der Waals surface area contributed by atoms with Crippen LogP contribution in [0.2, 0.25) is 5.02 Å². The summed E-state index contributed by atoms with van der Waals surface area (Å²) in [5.74, 6) is 0. The topological polar surface area (TPSA) is 67.0 Å². The van der Waals surface area contributed by atoms with Crippen molar-refractivity contribution in [2.45, 2.75) is 13.0 Å². The molecule has 0 atom stereocenters. The van der Waals surface area contributed by atoms with E-state index in [0.717, 1.165) is 22.0 Å². The quantitative estimate of drug-likeness (QED) is 0.750. The second kappa shape index (κ2) is 7.15. The fraction of sp³-hybridized carbons (Fsp3) is 0.176. The number of halogens is 1. The lowest BCUT2D eigenvalue weighted by atomic mass is 10.1. The molecule has 0 fully saturated rings. The zero-order chi connectivity index (χ0) is 16.1. The third-order valence-corrected chi connectivity index (χ3v) is 3.72. The minimum Gasteiger partial charge on any atom is -0.445 e. The molecule has 2 N–H and O–H groups in total. The number of hydrogen-bond donors (Lipinski definition) is 2. The highest BCUT2D eigenvalue weighted by atomic mass is 35.5. The van der Waals surface area contributed by atoms with Crippen molar-refractivity contribution in [3.05, 3.63) is 65.1 Å². The monoisotopic (exact) mass is 329 g/mol. The van der Waals surface area contributed by atoms with Crippen LogP contribution in [-0.4, -0.2) is 22.6 Å². The molecule has 3 aromatic rings. The average molecular weight is 330 g/mol. The van der Waals surface area contributed by atoms with Crippen LogP contribution in [0.3, 0.4) is 0 Å². The van der Waals surface area contributed by atoms with Gasteiger partial charge in [0, 0.05) is 46.6 Å². The molecule has 6 heteroatoms. The highest BCUT2D eigenvalue weighted by Crippen LogP contribution is 2.22. The number of nitrogens with zero attached hydrogens (tertiary/aromatic N) is 1. The highest BCUT2D eigenvalue weighted by Gasteiger charge is 2.06. The van der Waals surface area contributed by atoms with Crippen LogP contribution in [0.4, 0.5) is 4.79 Å². The van der Waals surface area contributed by atoms with Crippen LogP contribution in [0, 0.1) is 0 Å². The predicted octanol–water partition coefficient (Wildman–Crippen LogP) is 3.69. The van der Waals surface area contributed by atoms with Crippen molar-refractivity contribution in [2.24, 2.45) is 0 Å². The van der Waals surface area contributed by atoms with Gasteiger partial charge in [-0.15, -0.1) is 0 Å². The Morgan fingerprint density at radius 1 is 1.35 bits per heavy atom. The van der Waals surface area contributed by atoms with Gasteiger partial charge in [0.25, 0.3) is 0 Å². The zero-order valence-electron chi connectivity index (χ0n) is 12.4. The van der Waals surface area contributed by atoms with Crippen molar-refractivity contribution >= 4 is 28.6 Å². The summed E-state index contributed by atoms with van der Waals surface area (Å²) in [6.45, 7) is 0.702. The number of aromatic amines is 1. The molecule has 0 aliphatic carbocycles. The first kappa shape index (κ1) is 15.4. The molecule has 0 bridgehead atoms. The van der Waals surface area contributed by atoms with Crippen LogP contribution in [0.5, 0.6) is 0 Å². The Balaban J connectivity index is 1.48. The van der Waals surface area contributed by atoms with Crippen molar-refractivity contribution < 1.29 is 9.53 Å². The summed E-state index contributed by atoms with van der Waals surface area (Å²) in [5.41, 5.74) is 2.99. The van der Waals surface area contributed by atoms with Crippen LogP contribution < -0.4 is 5.32 Å². The molecule has 0 saturated carbocycles. The minimum atomic E-state index is -0.438. The van der Waals surface area contributed by atoms with Crippen LogP contribution >= 0.6 is 11.6 Å². The lowest BCUT2D eigenvalue weighted by Gasteiger charge is -2.06. The number of alkyl carbamates (subject to hydrolysis) is 1. The summed E-state index contributed by atoms with van der Waals surface area (Å²) >= 11 is 6.02. The van der Waals surface area contributed by atoms with Crippen LogP contribution in [0.1, 0.15) is 11.1 Å². The summed E-state index contributed by atoms with van der Waals surface area (Å²) in [6, 6.07) is 9.37. The van der Waals surface area contributed by atoms with E-state index >= 15 is 0 Å². The molecular formula is C17H16ClN3O2. The van der Waals surface area contributed by atoms with E-state index in [9.17, 15) is 4.79 Å². The minimum absolute atomic E-state index is 0.211. The summed E-state index contributed by atoms with van der Waals surface area (Å²) in [4.78, 5) is 18.8. The maximum atomic E-state index is 11.7. The number of benzene rings is 1. The number of amides is 1. The van der Waals surface area contributed by atoms with E-state index < -0.39 is 6.09 Å². The zero-order valence-corrected chi connectivity index (χ0v) is 13.1. The number of carbonyl (C=O) groups is 1. The maximum absolute atomic E-state index is 11.7. The molecule has 3 rings (SSSR count). The number of ether oxygens (including phenoxy) is 1. The Bertz CT molecular complexity index is 802. The molecule has 1 aromatic carbocycles. The summed E-state index contributed by atoms with van der Waals surface area (Å²) in [7, 11) is 0. The van der Waals surface area contributed by atoms with E-state index in [2.05, 4.69) is 15.3 Å². The van der Waals surface area contributed by atoms with Gasteiger partial charge in [-0.05, 0) is 36.2 Å². The number of H-pyrrole nitrogens is 1. The third-order valence-electron chi connectivity index (χ3n) is 3.49. The van der Waals surface area contributed by atoms with Gasteiger partial charge in [-0.2, -0.15) is 0 Å². The molecule has 2 aromatic heterocycles. The summed E-state index contributed by atoms with van der Waals surface area (Å²) < 4.78 is 5.14. The number of pyridine rings is 1. The number of fused-ring (bicyclic) bond motifs is 1. The smallest absolute Gasteiger partial charge is 0.407 e. The Hall–Kier alpha value is -2.53. The number of nitrogens with one attached hydrogen (secondary N) is 2. The molecule has 0 radical (unpaired) electrons. The van der Waals surface area contributed by atoms with Gasteiger partial charge in [0.05, 0.1) is 0 Å². The van der Waals surface area contributed by atoms with Crippen molar-refractivity contribution in [1.29, 1.82) is 0 Å². The van der Waals surface area contributed by atoms with Crippen LogP contribution in [-0.2, 0) is 17.8 Å². The predicted molar refractivity (Wildman–Crippen MR) is 89.4 cm³/mol. The normalized spacial score (nSPS) is 10.7. The second-order valence-electron chi connectivity index (χ2n) is 5.12. The summed E-state index contributed by atoms with van der Waals surface area (Å²) in [5, 5.41) is 4.51. The van der Waals surface area contributed by atoms with Crippen LogP contribution in [0.25, 0.3) is 10.9 Å². The van der Waals surface area contributed by atoms with Gasteiger partial charge in [-0.3, -0.25) is 4.98 Å². The maximum Gasteiger partial charge on any atom is 0.407 e. The number of carbonyl (C=O) groups excluding carboxylic acids is 1. The molecule has 118 valence electrons. The third kappa shape index (κ3) is 4.02. The Kier molecular flexibility index (Phi) is 4.78. The van der Waals surface area contributed by atoms with Gasteiger partial charge in [-0.1, -0.05) is 17.7 Å². The van der Waals surface area contributed by atoms with Crippen molar-refractivity contribution in [1.82, 2.24) is 15.3 Å². The van der Waals surface area contributed by atoms with Crippen LogP contribution in [0.15, 0.2) is 48.9 Å². The molecular weight excluding hydrogens is 314 g/mol. The average Bonchev–Trinajstić information content (AvgIpc) is 2.96. The Labute approximate surface area is 138 Å². The fourth-order valence-electron chi connectivity index (χ4n) is 2.34. The first-order valence-electron chi connectivity index (χ1n) is 7.27. The van der Waals surface area contributed by atoms with Crippen molar-refractivity contribution in [3.63, 3.8) is 0 Å². The Morgan fingerprint density at radius 2 is 2.26 bits per heavy atom. The molecule has 0 aliphatic rings. The van der Waals surface area contributed by atoms with Crippen molar-refractivity contribution in [2.75, 3.05) is 6.54 Å². The van der Waals surface area contributed by atoms with Gasteiger partial charge < -0.3 is 15.0 Å². The molecule has 0 saturated heterocycles. The van der Waals surface area contributed by atoms with Gasteiger partial charge in [0.2, 0.25) is 0 Å². The second-order valence-corrected chi connectivity index (χ2v) is 5.55.